The number of aryl methyl sites for hydroxylation is 1. The number of methoxy groups -OCH3 is 1. The van der Waals surface area contributed by atoms with Gasteiger partial charge in [0.15, 0.2) is 0 Å². The molecule has 14 nitrogen and oxygen atoms in total. The summed E-state index contributed by atoms with van der Waals surface area (Å²) in [7, 11) is 5.27. The first-order valence-corrected chi connectivity index (χ1v) is 23.4. The number of benzene rings is 1. The Hall–Kier alpha value is -3.80. The fourth-order valence-corrected chi connectivity index (χ4v) is 8.17. The maximum Gasteiger partial charge on any atom is 0.314 e. The second kappa shape index (κ2) is 27.2. The van der Waals surface area contributed by atoms with Gasteiger partial charge in [0.25, 0.3) is 6.47 Å². The highest BCUT2D eigenvalue weighted by Crippen LogP contribution is 2.54. The zero-order valence-corrected chi connectivity index (χ0v) is 39.7. The molecule has 0 spiro atoms. The summed E-state index contributed by atoms with van der Waals surface area (Å²) in [6.45, 7) is 19.3. The normalized spacial score (nSPS) is 17.8. The molecule has 3 amide bonds. The van der Waals surface area contributed by atoms with Crippen molar-refractivity contribution < 1.29 is 23.9 Å². The van der Waals surface area contributed by atoms with E-state index in [1.54, 1.807) is 47.0 Å². The number of ether oxygens (including phenoxy) is 2. The van der Waals surface area contributed by atoms with Crippen molar-refractivity contribution in [2.45, 2.75) is 85.3 Å². The molecule has 6 rings (SSSR count). The van der Waals surface area contributed by atoms with Crippen molar-refractivity contribution in [2.24, 2.45) is 16.9 Å². The Bertz CT molecular complexity index is 1710. The summed E-state index contributed by atoms with van der Waals surface area (Å²) in [6, 6.07) is 10.8. The molecular weight excluding hydrogens is 799 g/mol. The van der Waals surface area contributed by atoms with Crippen LogP contribution >= 0.6 is 23.1 Å². The van der Waals surface area contributed by atoms with Crippen LogP contribution in [-0.4, -0.2) is 129 Å². The van der Waals surface area contributed by atoms with Gasteiger partial charge in [-0.3, -0.25) is 19.6 Å². The van der Waals surface area contributed by atoms with Crippen LogP contribution < -0.4 is 21.8 Å². The third-order valence-corrected chi connectivity index (χ3v) is 11.5. The summed E-state index contributed by atoms with van der Waals surface area (Å²) in [6.07, 6.45) is 9.92. The van der Waals surface area contributed by atoms with Gasteiger partial charge < -0.3 is 35.6 Å². The Kier molecular flexibility index (Phi) is 23.7. The average molecular weight is 872 g/mol. The van der Waals surface area contributed by atoms with Crippen LogP contribution in [0.3, 0.4) is 0 Å². The zero-order chi connectivity index (χ0) is 44.8. The van der Waals surface area contributed by atoms with E-state index in [2.05, 4.69) is 78.3 Å². The molecule has 5 heterocycles. The lowest BCUT2D eigenvalue weighted by Crippen LogP contribution is -2.49. The SMILES string of the molecule is CC(=O)N1CCCCN1.CCc1nc(-c2ccc3c(c2)C(CC(C)(C)COC=O)C(c2cccnc2C(C)OC)N3CC)cs1.CN.CN1CCN(C(N)=O)CC1.CSC. The Morgan fingerprint density at radius 2 is 1.77 bits per heavy atom. The molecule has 2 saturated heterocycles. The Morgan fingerprint density at radius 3 is 2.28 bits per heavy atom. The lowest BCUT2D eigenvalue weighted by molar-refractivity contribution is -0.133. The molecule has 3 aromatic rings. The fraction of sp³-hybridized carbons (Fsp3) is 0.614. The van der Waals surface area contributed by atoms with Gasteiger partial charge >= 0.3 is 6.03 Å². The summed E-state index contributed by atoms with van der Waals surface area (Å²) in [5.41, 5.74) is 19.3. The van der Waals surface area contributed by atoms with Gasteiger partial charge in [-0.05, 0) is 101 Å². The number of nitrogens with two attached hydrogens (primary N) is 2. The largest absolute Gasteiger partial charge is 0.467 e. The van der Waals surface area contributed by atoms with Gasteiger partial charge in [0.2, 0.25) is 5.91 Å². The van der Waals surface area contributed by atoms with E-state index in [1.807, 2.05) is 38.7 Å². The Labute approximate surface area is 368 Å². The monoisotopic (exact) mass is 872 g/mol. The number of rotatable bonds is 11. The third kappa shape index (κ3) is 15.6. The van der Waals surface area contributed by atoms with E-state index in [4.69, 9.17) is 25.2 Å². The molecule has 0 aliphatic carbocycles. The van der Waals surface area contributed by atoms with Crippen LogP contribution in [0.25, 0.3) is 11.3 Å². The zero-order valence-electron chi connectivity index (χ0n) is 38.0. The molecule has 0 bridgehead atoms. The molecule has 60 heavy (non-hydrogen) atoms. The summed E-state index contributed by atoms with van der Waals surface area (Å²) >= 11 is 3.46. The number of hydrogen-bond donors (Lipinski definition) is 3. The van der Waals surface area contributed by atoms with Crippen molar-refractivity contribution in [3.63, 3.8) is 0 Å². The molecule has 336 valence electrons. The number of hydrogen-bond acceptors (Lipinski definition) is 13. The minimum Gasteiger partial charge on any atom is -0.467 e. The Balaban J connectivity index is 0.000000418. The van der Waals surface area contributed by atoms with E-state index in [9.17, 15) is 14.4 Å². The smallest absolute Gasteiger partial charge is 0.314 e. The lowest BCUT2D eigenvalue weighted by atomic mass is 9.76. The van der Waals surface area contributed by atoms with Crippen LogP contribution in [0.1, 0.15) is 101 Å². The summed E-state index contributed by atoms with van der Waals surface area (Å²) in [4.78, 5) is 48.2. The van der Waals surface area contributed by atoms with Crippen molar-refractivity contribution in [1.82, 2.24) is 30.2 Å². The number of nitrogens with one attached hydrogen (secondary N) is 1. The number of thioether (sulfide) groups is 1. The van der Waals surface area contributed by atoms with Gasteiger partial charge in [0.1, 0.15) is 0 Å². The van der Waals surface area contributed by atoms with Crippen molar-refractivity contribution in [3.05, 3.63) is 63.7 Å². The number of piperazine rings is 1. The minimum atomic E-state index is -0.298. The number of thiazole rings is 1. The topological polar surface area (TPSA) is 172 Å². The predicted molar refractivity (Wildman–Crippen MR) is 248 cm³/mol. The number of pyridine rings is 1. The maximum atomic E-state index is 11.0. The lowest BCUT2D eigenvalue weighted by Gasteiger charge is -2.35. The highest BCUT2D eigenvalue weighted by Gasteiger charge is 2.43. The van der Waals surface area contributed by atoms with Crippen LogP contribution in [0.15, 0.2) is 41.9 Å². The maximum absolute atomic E-state index is 11.0. The third-order valence-electron chi connectivity index (χ3n) is 10.5. The molecule has 0 radical (unpaired) electrons. The molecule has 3 aliphatic rings. The molecule has 3 aliphatic heterocycles. The number of urea groups is 1. The first kappa shape index (κ1) is 52.3. The number of amides is 3. The fourth-order valence-electron chi connectivity index (χ4n) is 7.42. The van der Waals surface area contributed by atoms with Gasteiger partial charge in [-0.1, -0.05) is 32.9 Å². The second-order valence-electron chi connectivity index (χ2n) is 15.5. The number of carbonyl (C=O) groups excluding carboxylic acids is 3. The number of nitrogens with zero attached hydrogens (tertiary/aromatic N) is 6. The van der Waals surface area contributed by atoms with Gasteiger partial charge in [-0.25, -0.2) is 15.2 Å². The molecule has 2 fully saturated rings. The predicted octanol–water partition coefficient (Wildman–Crippen LogP) is 6.73. The van der Waals surface area contributed by atoms with Gasteiger partial charge in [-0.2, -0.15) is 11.8 Å². The first-order valence-electron chi connectivity index (χ1n) is 20.9. The molecule has 1 aromatic carbocycles. The van der Waals surface area contributed by atoms with Gasteiger partial charge in [-0.15, -0.1) is 11.3 Å². The summed E-state index contributed by atoms with van der Waals surface area (Å²) < 4.78 is 11.0. The van der Waals surface area contributed by atoms with E-state index in [-0.39, 0.29) is 35.4 Å². The standard InChI is InChI=1S/C29H37N3O3S.C6H13N3O.C6H12N2O.C2H6S.CH5N/c1-7-26-31-24(16-36-26)20-11-12-25-22(14-20)23(15-29(4,5)17-35-18-33)28(32(25)8-2)21-10-9-13-30-27(21)19(3)34-6;1-8-2-4-9(5-3-8)6(7)10;1-6(9)8-5-3-2-4-7-8;1-3-2;1-2/h9-14,16,18-19,23,28H,7-8,15,17H2,1-6H3;2-5H2,1H3,(H2,7,10);7H,2-5H2,1H3;1-2H3;2H2,1H3. The van der Waals surface area contributed by atoms with Gasteiger partial charge in [0, 0.05) is 88.6 Å². The van der Waals surface area contributed by atoms with Crippen LogP contribution in [0.5, 0.6) is 0 Å². The van der Waals surface area contributed by atoms with Crippen molar-refractivity contribution in [3.8, 4) is 11.3 Å². The van der Waals surface area contributed by atoms with E-state index >= 15 is 0 Å². The van der Waals surface area contributed by atoms with Crippen molar-refractivity contribution >= 4 is 47.2 Å². The van der Waals surface area contributed by atoms with Gasteiger partial charge in [0.05, 0.1) is 35.1 Å². The van der Waals surface area contributed by atoms with Crippen LogP contribution in [-0.2, 0) is 25.5 Å². The first-order chi connectivity index (χ1) is 28.7. The van der Waals surface area contributed by atoms with E-state index in [1.165, 1.54) is 30.3 Å². The molecule has 2 aromatic heterocycles. The molecular formula is C44H73N9O5S2. The van der Waals surface area contributed by atoms with E-state index in [0.717, 1.165) is 87.0 Å². The number of anilines is 1. The molecule has 3 unspecified atom stereocenters. The highest BCUT2D eigenvalue weighted by molar-refractivity contribution is 7.97. The van der Waals surface area contributed by atoms with Crippen molar-refractivity contribution in [1.29, 1.82) is 0 Å². The number of hydrazine groups is 1. The molecule has 0 saturated carbocycles. The molecule has 16 heteroatoms. The minimum absolute atomic E-state index is 0.0960. The van der Waals surface area contributed by atoms with E-state index in [0.29, 0.717) is 13.1 Å². The highest BCUT2D eigenvalue weighted by atomic mass is 32.2. The quantitative estimate of drug-likeness (QED) is 0.174. The van der Waals surface area contributed by atoms with E-state index < -0.39 is 0 Å². The van der Waals surface area contributed by atoms with Crippen LogP contribution in [0.4, 0.5) is 10.5 Å². The van der Waals surface area contributed by atoms with Crippen LogP contribution in [0, 0.1) is 5.41 Å². The number of aromatic nitrogens is 2. The van der Waals surface area contributed by atoms with Crippen molar-refractivity contribution in [2.75, 3.05) is 91.0 Å². The second-order valence-corrected chi connectivity index (χ2v) is 17.3. The average Bonchev–Trinajstić information content (AvgIpc) is 3.87. The number of carbonyl (C=O) groups is 3. The molecule has 3 atom stereocenters. The number of primary amides is 1. The summed E-state index contributed by atoms with van der Waals surface area (Å²) in [5.74, 6) is 0.302. The Morgan fingerprint density at radius 1 is 1.08 bits per heavy atom. The van der Waals surface area contributed by atoms with Crippen LogP contribution in [0.2, 0.25) is 0 Å². The summed E-state index contributed by atoms with van der Waals surface area (Å²) in [5, 5.41) is 4.97. The molecule has 5 N–H and O–H groups in total. The number of fused-ring (bicyclic) bond motifs is 1. The number of likely N-dealkylation sites (N-methyl/N-ethyl adjacent to an activating group) is 2.